The van der Waals surface area contributed by atoms with E-state index in [-0.39, 0.29) is 10.8 Å². The van der Waals surface area contributed by atoms with E-state index in [1.54, 1.807) is 0 Å². The Morgan fingerprint density at radius 2 is 1.03 bits per heavy atom. The molecule has 3 aromatic carbocycles. The highest BCUT2D eigenvalue weighted by atomic mass is 31.1. The van der Waals surface area contributed by atoms with Crippen LogP contribution in [0.4, 0.5) is 0 Å². The van der Waals surface area contributed by atoms with Crippen LogP contribution in [0, 0.1) is 0 Å². The number of rotatable bonds is 8. The van der Waals surface area contributed by atoms with E-state index < -0.39 is 7.92 Å². The van der Waals surface area contributed by atoms with Crippen molar-refractivity contribution in [2.45, 2.75) is 52.4 Å². The van der Waals surface area contributed by atoms with E-state index in [9.17, 15) is 0 Å². The fourth-order valence-corrected chi connectivity index (χ4v) is 5.89. The minimum atomic E-state index is -0.667. The summed E-state index contributed by atoms with van der Waals surface area (Å²) in [5.74, 6) is 0.854. The van der Waals surface area contributed by atoms with Gasteiger partial charge in [0.15, 0.2) is 0 Å². The predicted octanol–water partition coefficient (Wildman–Crippen LogP) is 6.58. The summed E-state index contributed by atoms with van der Waals surface area (Å²) in [6.07, 6.45) is 1.44. The maximum atomic E-state index is 5.80. The molecule has 0 aliphatic rings. The molecule has 0 radical (unpaired) electrons. The largest absolute Gasteiger partial charge is 0.498 e. The van der Waals surface area contributed by atoms with E-state index >= 15 is 0 Å². The van der Waals surface area contributed by atoms with Gasteiger partial charge in [-0.15, -0.1) is 0 Å². The lowest BCUT2D eigenvalue weighted by Crippen LogP contribution is -2.22. The van der Waals surface area contributed by atoms with Crippen molar-refractivity contribution < 1.29 is 9.47 Å². The summed E-state index contributed by atoms with van der Waals surface area (Å²) in [5.41, 5.74) is 3.00. The zero-order valence-corrected chi connectivity index (χ0v) is 21.8. The Bertz CT molecular complexity index is 964. The van der Waals surface area contributed by atoms with Crippen LogP contribution in [0.5, 0.6) is 5.75 Å². The molecule has 0 amide bonds. The number of hydrogen-bond acceptors (Lipinski definition) is 2. The summed E-state index contributed by atoms with van der Waals surface area (Å²) < 4.78 is 10.9. The van der Waals surface area contributed by atoms with Crippen LogP contribution >= 0.6 is 7.92 Å². The molecule has 0 aliphatic carbocycles. The maximum absolute atomic E-state index is 5.80. The molecule has 0 fully saturated rings. The van der Waals surface area contributed by atoms with Crippen molar-refractivity contribution in [2.75, 3.05) is 13.2 Å². The van der Waals surface area contributed by atoms with Gasteiger partial charge in [-0.25, -0.2) is 0 Å². The molecule has 0 saturated carbocycles. The van der Waals surface area contributed by atoms with Gasteiger partial charge >= 0.3 is 0 Å². The average molecular weight is 461 g/mol. The Morgan fingerprint density at radius 3 is 1.39 bits per heavy atom. The van der Waals surface area contributed by atoms with Gasteiger partial charge in [0, 0.05) is 0 Å². The van der Waals surface area contributed by atoms with Crippen LogP contribution in [-0.2, 0) is 15.6 Å². The number of benzene rings is 3. The Hall–Kier alpha value is -2.57. The van der Waals surface area contributed by atoms with Crippen molar-refractivity contribution in [2.24, 2.45) is 0 Å². The first-order valence-corrected chi connectivity index (χ1v) is 12.9. The van der Waals surface area contributed by atoms with Gasteiger partial charge in [-0.1, -0.05) is 109 Å². The van der Waals surface area contributed by atoms with E-state index in [4.69, 9.17) is 9.47 Å². The van der Waals surface area contributed by atoms with Crippen molar-refractivity contribution in [1.82, 2.24) is 0 Å². The normalized spacial score (nSPS) is 12.0. The summed E-state index contributed by atoms with van der Waals surface area (Å²) in [6.45, 7) is 18.1. The lowest BCUT2D eigenvalue weighted by Gasteiger charge is -2.24. The topological polar surface area (TPSA) is 18.5 Å². The summed E-state index contributed by atoms with van der Waals surface area (Å²) >= 11 is 0. The van der Waals surface area contributed by atoms with Gasteiger partial charge in [-0.2, -0.15) is 0 Å². The van der Waals surface area contributed by atoms with Crippen LogP contribution in [0.15, 0.2) is 85.6 Å². The molecule has 0 aromatic heterocycles. The molecule has 0 unspecified atom stereocenters. The average Bonchev–Trinajstić information content (AvgIpc) is 2.77. The zero-order valence-electron chi connectivity index (χ0n) is 20.9. The van der Waals surface area contributed by atoms with Gasteiger partial charge < -0.3 is 9.47 Å². The van der Waals surface area contributed by atoms with Crippen molar-refractivity contribution >= 4 is 23.8 Å². The molecular weight excluding hydrogens is 423 g/mol. The highest BCUT2D eigenvalue weighted by Crippen LogP contribution is 2.35. The molecule has 0 saturated heterocycles. The Morgan fingerprint density at radius 1 is 0.636 bits per heavy atom. The first-order valence-electron chi connectivity index (χ1n) is 11.6. The van der Waals surface area contributed by atoms with Crippen LogP contribution in [0.2, 0.25) is 0 Å². The van der Waals surface area contributed by atoms with E-state index in [2.05, 4.69) is 121 Å². The third kappa shape index (κ3) is 6.71. The van der Waals surface area contributed by atoms with Crippen molar-refractivity contribution in [1.29, 1.82) is 0 Å². The van der Waals surface area contributed by atoms with E-state index in [0.29, 0.717) is 13.2 Å². The number of ether oxygens (including phenoxy) is 2. The van der Waals surface area contributed by atoms with Gasteiger partial charge in [-0.05, 0) is 57.9 Å². The van der Waals surface area contributed by atoms with Gasteiger partial charge in [0.25, 0.3) is 0 Å². The molecule has 0 spiro atoms. The van der Waals surface area contributed by atoms with E-state index in [0.717, 1.165) is 5.75 Å². The van der Waals surface area contributed by atoms with E-state index in [1.165, 1.54) is 33.3 Å². The lowest BCUT2D eigenvalue weighted by molar-refractivity contribution is 0.179. The first kappa shape index (κ1) is 25.1. The Labute approximate surface area is 201 Å². The third-order valence-corrected chi connectivity index (χ3v) is 8.11. The highest BCUT2D eigenvalue weighted by Gasteiger charge is 2.20. The quantitative estimate of drug-likeness (QED) is 0.215. The molecule has 3 aromatic rings. The fourth-order valence-electron chi connectivity index (χ4n) is 3.65. The summed E-state index contributed by atoms with van der Waals surface area (Å²) in [6, 6.07) is 26.9. The summed E-state index contributed by atoms with van der Waals surface area (Å²) in [7, 11) is -0.667. The maximum Gasteiger partial charge on any atom is 0.122 e. The zero-order chi connectivity index (χ0) is 24.1. The molecule has 0 atom stereocenters. The van der Waals surface area contributed by atoms with Crippen molar-refractivity contribution in [3.8, 4) is 5.75 Å². The SMILES string of the molecule is C=COCCOc1ccc(P(c2ccc(C(C)(C)C)cc2)c2ccc(C(C)(C)C)cc2)cc1. The van der Waals surface area contributed by atoms with Crippen molar-refractivity contribution in [3.05, 3.63) is 96.8 Å². The van der Waals surface area contributed by atoms with Gasteiger partial charge in [-0.3, -0.25) is 0 Å². The summed E-state index contributed by atoms with van der Waals surface area (Å²) in [4.78, 5) is 0. The minimum absolute atomic E-state index is 0.143. The van der Waals surface area contributed by atoms with Crippen LogP contribution in [0.3, 0.4) is 0 Å². The summed E-state index contributed by atoms with van der Waals surface area (Å²) in [5, 5.41) is 4.02. The minimum Gasteiger partial charge on any atom is -0.498 e. The first-order chi connectivity index (χ1) is 15.6. The Kier molecular flexibility index (Phi) is 8.03. The number of hydrogen-bond donors (Lipinski definition) is 0. The van der Waals surface area contributed by atoms with E-state index in [1.807, 2.05) is 0 Å². The molecule has 0 N–H and O–H groups in total. The van der Waals surface area contributed by atoms with Gasteiger partial charge in [0.05, 0.1) is 6.26 Å². The molecular formula is C30H37O2P. The molecule has 2 nitrogen and oxygen atoms in total. The van der Waals surface area contributed by atoms with Crippen LogP contribution in [0.1, 0.15) is 52.7 Å². The second kappa shape index (κ2) is 10.6. The lowest BCUT2D eigenvalue weighted by atomic mass is 9.87. The van der Waals surface area contributed by atoms with Crippen LogP contribution in [0.25, 0.3) is 0 Å². The van der Waals surface area contributed by atoms with Crippen LogP contribution < -0.4 is 20.7 Å². The predicted molar refractivity (Wildman–Crippen MR) is 144 cm³/mol. The van der Waals surface area contributed by atoms with Crippen molar-refractivity contribution in [3.63, 3.8) is 0 Å². The molecule has 174 valence electrons. The third-order valence-electron chi connectivity index (χ3n) is 5.67. The van der Waals surface area contributed by atoms with Gasteiger partial charge in [0.2, 0.25) is 0 Å². The molecule has 3 heteroatoms. The standard InChI is InChI=1S/C30H37O2P/c1-8-31-21-22-32-25-13-19-28(20-14-25)33(26-15-9-23(10-16-26)29(2,3)4)27-17-11-24(12-18-27)30(5,6)7/h8-20H,1,21-22H2,2-7H3. The van der Waals surface area contributed by atoms with Crippen LogP contribution in [-0.4, -0.2) is 13.2 Å². The smallest absolute Gasteiger partial charge is 0.122 e. The molecule has 0 heterocycles. The molecule has 0 aliphatic heterocycles. The highest BCUT2D eigenvalue weighted by molar-refractivity contribution is 7.79. The molecule has 0 bridgehead atoms. The monoisotopic (exact) mass is 460 g/mol. The molecule has 3 rings (SSSR count). The molecule has 33 heavy (non-hydrogen) atoms. The Balaban J connectivity index is 1.94. The second-order valence-corrected chi connectivity index (χ2v) is 12.5. The van der Waals surface area contributed by atoms with Gasteiger partial charge in [0.1, 0.15) is 19.0 Å². The second-order valence-electron chi connectivity index (χ2n) is 10.3. The fraction of sp³-hybridized carbons (Fsp3) is 0.333.